The fraction of sp³-hybridized carbons (Fsp3) is 0.609. The van der Waals surface area contributed by atoms with Gasteiger partial charge >= 0.3 is 11.9 Å². The Morgan fingerprint density at radius 1 is 1.26 bits per heavy atom. The van der Waals surface area contributed by atoms with E-state index in [0.717, 1.165) is 29.1 Å². The molecule has 0 aromatic carbocycles. The summed E-state index contributed by atoms with van der Waals surface area (Å²) >= 11 is 1.05. The topological polar surface area (TPSA) is 104 Å². The molecule has 2 N–H and O–H groups in total. The van der Waals surface area contributed by atoms with E-state index in [9.17, 15) is 24.6 Å². The second-order valence-corrected chi connectivity index (χ2v) is 10.1. The number of carboxylic acids is 1. The number of anilines is 1. The van der Waals surface area contributed by atoms with Crippen LogP contribution in [0.5, 0.6) is 0 Å². The highest BCUT2D eigenvalue weighted by atomic mass is 32.1. The number of ether oxygens (including phenoxy) is 1. The van der Waals surface area contributed by atoms with E-state index in [1.54, 1.807) is 6.07 Å². The van der Waals surface area contributed by atoms with E-state index in [0.29, 0.717) is 23.6 Å². The third kappa shape index (κ3) is 6.31. The molecule has 1 atom stereocenters. The third-order valence-electron chi connectivity index (χ3n) is 5.28. The Bertz CT molecular complexity index is 880. The fourth-order valence-corrected chi connectivity index (χ4v) is 4.45. The van der Waals surface area contributed by atoms with Gasteiger partial charge in [0.05, 0.1) is 24.3 Å². The summed E-state index contributed by atoms with van der Waals surface area (Å²) in [4.78, 5) is 39.5. The zero-order chi connectivity index (χ0) is 23.3. The smallest absolute Gasteiger partial charge is 0.350 e. The summed E-state index contributed by atoms with van der Waals surface area (Å²) in [7, 11) is 1.22. The first-order chi connectivity index (χ1) is 14.5. The minimum atomic E-state index is -1.51. The number of amides is 1. The SMILES string of the molecule is COC(=O)c1sc(C#CC(C)(C)C)cc1N(C(=O)C1CCC(C)CC1)C(CO)C(=O)O. The molecule has 0 radical (unpaired) electrons. The molecular weight excluding hydrogens is 418 g/mol. The highest BCUT2D eigenvalue weighted by Gasteiger charge is 2.38. The van der Waals surface area contributed by atoms with Gasteiger partial charge in [-0.15, -0.1) is 11.3 Å². The number of aliphatic hydroxyl groups excluding tert-OH is 1. The van der Waals surface area contributed by atoms with E-state index in [-0.39, 0.29) is 21.9 Å². The van der Waals surface area contributed by atoms with Gasteiger partial charge in [0, 0.05) is 11.3 Å². The van der Waals surface area contributed by atoms with Crippen LogP contribution in [0, 0.1) is 29.1 Å². The number of aliphatic carboxylic acids is 1. The van der Waals surface area contributed by atoms with E-state index in [4.69, 9.17) is 4.74 Å². The summed E-state index contributed by atoms with van der Waals surface area (Å²) in [5.74, 6) is 3.81. The number of carbonyl (C=O) groups excluding carboxylic acids is 2. The number of esters is 1. The van der Waals surface area contributed by atoms with Gasteiger partial charge in [0.15, 0.2) is 6.04 Å². The Balaban J connectivity index is 2.59. The molecular formula is C23H31NO6S. The van der Waals surface area contributed by atoms with Crippen LogP contribution in [-0.2, 0) is 14.3 Å². The van der Waals surface area contributed by atoms with E-state index in [1.165, 1.54) is 7.11 Å². The summed E-state index contributed by atoms with van der Waals surface area (Å²) in [6.45, 7) is 7.19. The minimum Gasteiger partial charge on any atom is -0.480 e. The Morgan fingerprint density at radius 2 is 1.87 bits per heavy atom. The predicted octanol–water partition coefficient (Wildman–Crippen LogP) is 3.54. The molecule has 0 spiro atoms. The fourth-order valence-electron chi connectivity index (χ4n) is 3.52. The highest BCUT2D eigenvalue weighted by Crippen LogP contribution is 2.36. The highest BCUT2D eigenvalue weighted by molar-refractivity contribution is 7.15. The molecule has 0 aliphatic heterocycles. The standard InChI is InChI=1S/C23H31NO6S/c1-14-6-8-15(9-7-14)20(26)24(18(13-25)21(27)28)17-12-16(10-11-23(2,3)4)31-19(17)22(29)30-5/h12,14-15,18,25H,6-9,13H2,1-5H3,(H,27,28). The van der Waals surface area contributed by atoms with Crippen LogP contribution >= 0.6 is 11.3 Å². The van der Waals surface area contributed by atoms with Crippen molar-refractivity contribution in [1.29, 1.82) is 0 Å². The maximum absolute atomic E-state index is 13.5. The average Bonchev–Trinajstić information content (AvgIpc) is 3.13. The normalized spacial score (nSPS) is 19.7. The molecule has 0 bridgehead atoms. The summed E-state index contributed by atoms with van der Waals surface area (Å²) in [5.41, 5.74) is -0.154. The van der Waals surface area contributed by atoms with Crippen LogP contribution in [-0.4, -0.2) is 47.8 Å². The molecule has 7 nitrogen and oxygen atoms in total. The van der Waals surface area contributed by atoms with Gasteiger partial charge in [-0.2, -0.15) is 0 Å². The van der Waals surface area contributed by atoms with Crippen molar-refractivity contribution >= 4 is 34.9 Å². The van der Waals surface area contributed by atoms with Crippen LogP contribution in [0.2, 0.25) is 0 Å². The largest absolute Gasteiger partial charge is 0.480 e. The summed E-state index contributed by atoms with van der Waals surface area (Å²) in [6.07, 6.45) is 3.03. The van der Waals surface area contributed by atoms with Gasteiger partial charge in [0.2, 0.25) is 5.91 Å². The Morgan fingerprint density at radius 3 is 2.35 bits per heavy atom. The van der Waals surface area contributed by atoms with E-state index >= 15 is 0 Å². The number of thiophene rings is 1. The average molecular weight is 450 g/mol. The molecule has 0 saturated heterocycles. The first-order valence-corrected chi connectivity index (χ1v) is 11.2. The zero-order valence-corrected chi connectivity index (χ0v) is 19.5. The number of aliphatic hydroxyl groups is 1. The van der Waals surface area contributed by atoms with Gasteiger partial charge < -0.3 is 14.9 Å². The first-order valence-electron chi connectivity index (χ1n) is 10.4. The van der Waals surface area contributed by atoms with Crippen molar-refractivity contribution in [2.24, 2.45) is 17.3 Å². The maximum atomic E-state index is 13.5. The number of rotatable bonds is 6. The van der Waals surface area contributed by atoms with Crippen LogP contribution < -0.4 is 4.90 Å². The molecule has 1 aromatic heterocycles. The van der Waals surface area contributed by atoms with Gasteiger partial charge in [0.25, 0.3) is 0 Å². The minimum absolute atomic E-state index is 0.0953. The number of nitrogens with zero attached hydrogens (tertiary/aromatic N) is 1. The van der Waals surface area contributed by atoms with Gasteiger partial charge in [-0.1, -0.05) is 18.8 Å². The lowest BCUT2D eigenvalue weighted by molar-refractivity contribution is -0.141. The van der Waals surface area contributed by atoms with E-state index in [1.807, 2.05) is 20.8 Å². The lowest BCUT2D eigenvalue weighted by atomic mass is 9.82. The van der Waals surface area contributed by atoms with Crippen molar-refractivity contribution in [3.05, 3.63) is 15.8 Å². The number of carboxylic acid groups (broad SMARTS) is 1. The number of methoxy groups -OCH3 is 1. The van der Waals surface area contributed by atoms with Crippen molar-refractivity contribution < 1.29 is 29.3 Å². The lowest BCUT2D eigenvalue weighted by Gasteiger charge is -2.33. The summed E-state index contributed by atoms with van der Waals surface area (Å²) in [5, 5.41) is 19.5. The number of carbonyl (C=O) groups is 3. The maximum Gasteiger partial charge on any atom is 0.350 e. The zero-order valence-electron chi connectivity index (χ0n) is 18.7. The molecule has 8 heteroatoms. The molecule has 1 amide bonds. The van der Waals surface area contributed by atoms with Crippen LogP contribution in [0.3, 0.4) is 0 Å². The summed E-state index contributed by atoms with van der Waals surface area (Å²) < 4.78 is 4.87. The summed E-state index contributed by atoms with van der Waals surface area (Å²) in [6, 6.07) is 0.0400. The van der Waals surface area contributed by atoms with Crippen LogP contribution in [0.25, 0.3) is 0 Å². The van der Waals surface area contributed by atoms with E-state index in [2.05, 4.69) is 18.8 Å². The van der Waals surface area contributed by atoms with E-state index < -0.39 is 30.5 Å². The lowest BCUT2D eigenvalue weighted by Crippen LogP contribution is -2.50. The second-order valence-electron chi connectivity index (χ2n) is 9.02. The van der Waals surface area contributed by atoms with Gasteiger partial charge in [-0.05, 0) is 58.4 Å². The van der Waals surface area contributed by atoms with Crippen molar-refractivity contribution in [3.63, 3.8) is 0 Å². The Labute approximate surface area is 187 Å². The monoisotopic (exact) mass is 449 g/mol. The van der Waals surface area contributed by atoms with Crippen LogP contribution in [0.4, 0.5) is 5.69 Å². The number of hydrogen-bond acceptors (Lipinski definition) is 6. The van der Waals surface area contributed by atoms with Crippen molar-refractivity contribution in [2.45, 2.75) is 59.4 Å². The molecule has 1 unspecified atom stereocenters. The van der Waals surface area contributed by atoms with Crippen LogP contribution in [0.15, 0.2) is 6.07 Å². The molecule has 1 aliphatic rings. The second kappa shape index (κ2) is 10.3. The van der Waals surface area contributed by atoms with Crippen molar-refractivity contribution in [3.8, 4) is 11.8 Å². The molecule has 1 fully saturated rings. The Kier molecular flexibility index (Phi) is 8.27. The van der Waals surface area contributed by atoms with Crippen molar-refractivity contribution in [2.75, 3.05) is 18.6 Å². The first kappa shape index (κ1) is 24.9. The molecule has 1 heterocycles. The van der Waals surface area contributed by atoms with Gasteiger partial charge in [0.1, 0.15) is 4.88 Å². The van der Waals surface area contributed by atoms with Crippen molar-refractivity contribution in [1.82, 2.24) is 0 Å². The molecule has 31 heavy (non-hydrogen) atoms. The van der Waals surface area contributed by atoms with Gasteiger partial charge in [-0.25, -0.2) is 9.59 Å². The third-order valence-corrected chi connectivity index (χ3v) is 6.30. The molecule has 2 rings (SSSR count). The predicted molar refractivity (Wildman–Crippen MR) is 119 cm³/mol. The quantitative estimate of drug-likeness (QED) is 0.509. The molecule has 1 aromatic rings. The number of hydrogen-bond donors (Lipinski definition) is 2. The van der Waals surface area contributed by atoms with Gasteiger partial charge in [-0.3, -0.25) is 9.69 Å². The Hall–Kier alpha value is -2.37. The molecule has 170 valence electrons. The molecule has 1 aliphatic carbocycles. The molecule has 1 saturated carbocycles. The van der Waals surface area contributed by atoms with Crippen LogP contribution in [0.1, 0.15) is 67.9 Å².